The molecule has 1 heterocycles. The first-order valence-corrected chi connectivity index (χ1v) is 6.85. The maximum absolute atomic E-state index is 10.9. The molecule has 0 bridgehead atoms. The minimum Gasteiger partial charge on any atom is -0.481 e. The van der Waals surface area contributed by atoms with Gasteiger partial charge in [0.2, 0.25) is 0 Å². The quantitative estimate of drug-likeness (QED) is 0.896. The van der Waals surface area contributed by atoms with Crippen LogP contribution in [0.3, 0.4) is 0 Å². The average molecular weight is 260 g/mol. The van der Waals surface area contributed by atoms with E-state index in [1.54, 1.807) is 18.3 Å². The number of thiophene rings is 1. The molecule has 0 fully saturated rings. The lowest BCUT2D eigenvalue weighted by Gasteiger charge is -2.02. The van der Waals surface area contributed by atoms with Crippen molar-refractivity contribution < 1.29 is 9.90 Å². The number of hydrogen-bond acceptors (Lipinski definition) is 2. The maximum atomic E-state index is 10.9. The molecule has 2 nitrogen and oxygen atoms in total. The van der Waals surface area contributed by atoms with Crippen molar-refractivity contribution in [2.45, 2.75) is 26.2 Å². The van der Waals surface area contributed by atoms with E-state index in [0.29, 0.717) is 0 Å². The summed E-state index contributed by atoms with van der Waals surface area (Å²) in [4.78, 5) is 13.0. The van der Waals surface area contributed by atoms with Crippen LogP contribution in [0, 0.1) is 0 Å². The summed E-state index contributed by atoms with van der Waals surface area (Å²) >= 11 is 1.56. The van der Waals surface area contributed by atoms with Gasteiger partial charge < -0.3 is 5.11 Å². The smallest absolute Gasteiger partial charge is 0.311 e. The minimum absolute atomic E-state index is 0.432. The second-order valence-corrected chi connectivity index (χ2v) is 5.43. The molecule has 1 atom stereocenters. The molecule has 0 aliphatic rings. The molecule has 0 radical (unpaired) electrons. The van der Waals surface area contributed by atoms with E-state index in [-0.39, 0.29) is 0 Å². The maximum Gasteiger partial charge on any atom is 0.311 e. The zero-order valence-electron chi connectivity index (χ0n) is 10.5. The van der Waals surface area contributed by atoms with Crippen LogP contribution in [0.5, 0.6) is 0 Å². The molecule has 2 rings (SSSR count). The van der Waals surface area contributed by atoms with Crippen LogP contribution in [0.2, 0.25) is 0 Å². The highest BCUT2D eigenvalue weighted by Gasteiger charge is 2.16. The van der Waals surface area contributed by atoms with Gasteiger partial charge in [-0.05, 0) is 36.6 Å². The molecule has 0 aliphatic heterocycles. The van der Waals surface area contributed by atoms with Crippen molar-refractivity contribution in [2.75, 3.05) is 0 Å². The number of carbonyl (C=O) groups is 1. The SMILES string of the molecule is CCc1ccc(-c2ccc(C(C)C(=O)O)s2)cc1. The molecule has 1 unspecified atom stereocenters. The molecule has 1 aromatic heterocycles. The van der Waals surface area contributed by atoms with Crippen molar-refractivity contribution in [1.82, 2.24) is 0 Å². The largest absolute Gasteiger partial charge is 0.481 e. The predicted octanol–water partition coefficient (Wildman–Crippen LogP) is 4.17. The molecule has 1 N–H and O–H groups in total. The van der Waals surface area contributed by atoms with Crippen molar-refractivity contribution >= 4 is 17.3 Å². The van der Waals surface area contributed by atoms with E-state index in [1.165, 1.54) is 5.56 Å². The number of carboxylic acid groups (broad SMARTS) is 1. The lowest BCUT2D eigenvalue weighted by Crippen LogP contribution is -2.04. The van der Waals surface area contributed by atoms with E-state index in [0.717, 1.165) is 21.7 Å². The van der Waals surface area contributed by atoms with E-state index in [4.69, 9.17) is 5.11 Å². The predicted molar refractivity (Wildman–Crippen MR) is 75.2 cm³/mol. The summed E-state index contributed by atoms with van der Waals surface area (Å²) in [5.41, 5.74) is 2.47. The molecule has 2 aromatic rings. The summed E-state index contributed by atoms with van der Waals surface area (Å²) in [5.74, 6) is -1.21. The molecule has 0 saturated heterocycles. The lowest BCUT2D eigenvalue weighted by atomic mass is 10.1. The van der Waals surface area contributed by atoms with Crippen LogP contribution < -0.4 is 0 Å². The van der Waals surface area contributed by atoms with Crippen LogP contribution in [0.1, 0.15) is 30.2 Å². The Bertz CT molecular complexity index is 540. The van der Waals surface area contributed by atoms with E-state index < -0.39 is 11.9 Å². The van der Waals surface area contributed by atoms with Gasteiger partial charge in [0.1, 0.15) is 0 Å². The third-order valence-electron chi connectivity index (χ3n) is 3.07. The van der Waals surface area contributed by atoms with Crippen LogP contribution in [0.25, 0.3) is 10.4 Å². The highest BCUT2D eigenvalue weighted by Crippen LogP contribution is 2.32. The van der Waals surface area contributed by atoms with Crippen molar-refractivity contribution in [3.05, 3.63) is 46.8 Å². The molecular formula is C15H16O2S. The van der Waals surface area contributed by atoms with Crippen LogP contribution in [-0.2, 0) is 11.2 Å². The minimum atomic E-state index is -0.773. The van der Waals surface area contributed by atoms with E-state index in [2.05, 4.69) is 31.2 Å². The average Bonchev–Trinajstić information content (AvgIpc) is 2.87. The molecule has 18 heavy (non-hydrogen) atoms. The molecule has 0 saturated carbocycles. The van der Waals surface area contributed by atoms with Crippen LogP contribution in [0.15, 0.2) is 36.4 Å². The van der Waals surface area contributed by atoms with Crippen molar-refractivity contribution in [2.24, 2.45) is 0 Å². The number of carboxylic acids is 1. The first-order valence-electron chi connectivity index (χ1n) is 6.03. The number of rotatable bonds is 4. The van der Waals surface area contributed by atoms with Gasteiger partial charge in [0.15, 0.2) is 0 Å². The molecule has 94 valence electrons. The van der Waals surface area contributed by atoms with Gasteiger partial charge in [-0.3, -0.25) is 4.79 Å². The summed E-state index contributed by atoms with van der Waals surface area (Å²) < 4.78 is 0. The molecule has 0 spiro atoms. The molecular weight excluding hydrogens is 244 g/mol. The standard InChI is InChI=1S/C15H16O2S/c1-3-11-4-6-12(7-5-11)14-9-8-13(18-14)10(2)15(16)17/h4-10H,3H2,1-2H3,(H,16,17). The van der Waals surface area contributed by atoms with Crippen LogP contribution in [-0.4, -0.2) is 11.1 Å². The summed E-state index contributed by atoms with van der Waals surface area (Å²) in [7, 11) is 0. The van der Waals surface area contributed by atoms with Gasteiger partial charge in [0.25, 0.3) is 0 Å². The number of aliphatic carboxylic acids is 1. The summed E-state index contributed by atoms with van der Waals surface area (Å²) in [5, 5.41) is 8.99. The zero-order valence-corrected chi connectivity index (χ0v) is 11.3. The van der Waals surface area contributed by atoms with Crippen LogP contribution in [0.4, 0.5) is 0 Å². The zero-order chi connectivity index (χ0) is 13.1. The highest BCUT2D eigenvalue weighted by atomic mass is 32.1. The topological polar surface area (TPSA) is 37.3 Å². The van der Waals surface area contributed by atoms with Gasteiger partial charge in [-0.25, -0.2) is 0 Å². The van der Waals surface area contributed by atoms with Crippen molar-refractivity contribution in [3.63, 3.8) is 0 Å². The molecule has 3 heteroatoms. The van der Waals surface area contributed by atoms with Crippen molar-refractivity contribution in [1.29, 1.82) is 0 Å². The number of hydrogen-bond donors (Lipinski definition) is 1. The van der Waals surface area contributed by atoms with Gasteiger partial charge >= 0.3 is 5.97 Å². The Morgan fingerprint density at radius 1 is 1.22 bits per heavy atom. The van der Waals surface area contributed by atoms with Gasteiger partial charge in [-0.15, -0.1) is 11.3 Å². The first kappa shape index (κ1) is 12.8. The van der Waals surface area contributed by atoms with Gasteiger partial charge in [0.05, 0.1) is 5.92 Å². The Labute approximate surface area is 111 Å². The summed E-state index contributed by atoms with van der Waals surface area (Å²) in [6.07, 6.45) is 1.03. The fourth-order valence-corrected chi connectivity index (χ4v) is 2.82. The van der Waals surface area contributed by atoms with E-state index >= 15 is 0 Å². The Balaban J connectivity index is 2.26. The second kappa shape index (κ2) is 5.36. The number of aryl methyl sites for hydroxylation is 1. The summed E-state index contributed by atoms with van der Waals surface area (Å²) in [6, 6.07) is 12.3. The van der Waals surface area contributed by atoms with Crippen LogP contribution >= 0.6 is 11.3 Å². The fourth-order valence-electron chi connectivity index (χ4n) is 1.77. The number of benzene rings is 1. The van der Waals surface area contributed by atoms with Gasteiger partial charge in [-0.2, -0.15) is 0 Å². The van der Waals surface area contributed by atoms with Gasteiger partial charge in [0, 0.05) is 9.75 Å². The van der Waals surface area contributed by atoms with Gasteiger partial charge in [-0.1, -0.05) is 31.2 Å². The Hall–Kier alpha value is -1.61. The monoisotopic (exact) mass is 260 g/mol. The third kappa shape index (κ3) is 2.62. The lowest BCUT2D eigenvalue weighted by molar-refractivity contribution is -0.138. The highest BCUT2D eigenvalue weighted by molar-refractivity contribution is 7.15. The Morgan fingerprint density at radius 2 is 1.89 bits per heavy atom. The van der Waals surface area contributed by atoms with E-state index in [9.17, 15) is 4.79 Å². The molecule has 0 amide bonds. The fraction of sp³-hybridized carbons (Fsp3) is 0.267. The Morgan fingerprint density at radius 3 is 2.44 bits per heavy atom. The van der Waals surface area contributed by atoms with Crippen molar-refractivity contribution in [3.8, 4) is 10.4 Å². The molecule has 1 aromatic carbocycles. The summed E-state index contributed by atoms with van der Waals surface area (Å²) in [6.45, 7) is 3.85. The normalized spacial score (nSPS) is 12.3. The first-order chi connectivity index (χ1) is 8.61. The Kier molecular flexibility index (Phi) is 3.82. The second-order valence-electron chi connectivity index (χ2n) is 4.31. The van der Waals surface area contributed by atoms with E-state index in [1.807, 2.05) is 12.1 Å². The third-order valence-corrected chi connectivity index (χ3v) is 4.39. The molecule has 0 aliphatic carbocycles.